The first kappa shape index (κ1) is 17.3. The zero-order chi connectivity index (χ0) is 15.1. The van der Waals surface area contributed by atoms with Crippen molar-refractivity contribution in [2.24, 2.45) is 5.92 Å². The van der Waals surface area contributed by atoms with Gasteiger partial charge in [0, 0.05) is 25.3 Å². The summed E-state index contributed by atoms with van der Waals surface area (Å²) in [6.45, 7) is 13.8. The Balaban J connectivity index is 2.84. The molecule has 0 fully saturated rings. The van der Waals surface area contributed by atoms with Crippen molar-refractivity contribution in [2.45, 2.75) is 53.6 Å². The van der Waals surface area contributed by atoms with Gasteiger partial charge in [-0.1, -0.05) is 32.4 Å². The highest BCUT2D eigenvalue weighted by Crippen LogP contribution is 2.26. The fourth-order valence-electron chi connectivity index (χ4n) is 2.12. The number of aromatic nitrogens is 1. The molecular formula is C16H28ClN3. The van der Waals surface area contributed by atoms with Crippen molar-refractivity contribution < 1.29 is 0 Å². The van der Waals surface area contributed by atoms with Crippen molar-refractivity contribution in [2.75, 3.05) is 18.0 Å². The van der Waals surface area contributed by atoms with Crippen LogP contribution in [0.5, 0.6) is 0 Å². The van der Waals surface area contributed by atoms with Crippen LogP contribution in [0.3, 0.4) is 0 Å². The summed E-state index contributed by atoms with van der Waals surface area (Å²) < 4.78 is 0. The van der Waals surface area contributed by atoms with E-state index in [9.17, 15) is 0 Å². The quantitative estimate of drug-likeness (QED) is 0.732. The largest absolute Gasteiger partial charge is 0.353 e. The Bertz CT molecular complexity index is 405. The van der Waals surface area contributed by atoms with Crippen molar-refractivity contribution in [3.63, 3.8) is 0 Å². The van der Waals surface area contributed by atoms with Crippen molar-refractivity contribution in [3.8, 4) is 0 Å². The molecule has 0 aliphatic heterocycles. The van der Waals surface area contributed by atoms with Gasteiger partial charge in [0.05, 0.1) is 5.02 Å². The number of nitrogens with one attached hydrogen (secondary N) is 1. The van der Waals surface area contributed by atoms with Crippen LogP contribution in [-0.2, 0) is 6.54 Å². The predicted octanol–water partition coefficient (Wildman–Crippen LogP) is 4.11. The third-order valence-corrected chi connectivity index (χ3v) is 3.37. The topological polar surface area (TPSA) is 28.2 Å². The number of pyridine rings is 1. The SMILES string of the molecule is CCCNCc1cnc(N(CC(C)C)C(C)C)c(Cl)c1. The van der Waals surface area contributed by atoms with Crippen LogP contribution >= 0.6 is 11.6 Å². The van der Waals surface area contributed by atoms with Gasteiger partial charge in [0.2, 0.25) is 0 Å². The lowest BCUT2D eigenvalue weighted by Crippen LogP contribution is -2.35. The third-order valence-electron chi connectivity index (χ3n) is 3.09. The molecule has 1 aromatic heterocycles. The molecule has 4 heteroatoms. The molecule has 0 saturated heterocycles. The Morgan fingerprint density at radius 2 is 2.00 bits per heavy atom. The highest BCUT2D eigenvalue weighted by molar-refractivity contribution is 6.33. The molecule has 0 spiro atoms. The summed E-state index contributed by atoms with van der Waals surface area (Å²) in [4.78, 5) is 6.86. The summed E-state index contributed by atoms with van der Waals surface area (Å²) >= 11 is 6.43. The Labute approximate surface area is 128 Å². The zero-order valence-electron chi connectivity index (χ0n) is 13.4. The van der Waals surface area contributed by atoms with Crippen LogP contribution in [-0.4, -0.2) is 24.1 Å². The monoisotopic (exact) mass is 297 g/mol. The maximum absolute atomic E-state index is 6.43. The second-order valence-electron chi connectivity index (χ2n) is 5.97. The summed E-state index contributed by atoms with van der Waals surface area (Å²) in [7, 11) is 0. The first-order chi connectivity index (χ1) is 9.45. The minimum Gasteiger partial charge on any atom is -0.353 e. The molecule has 114 valence electrons. The van der Waals surface area contributed by atoms with Crippen LogP contribution in [0, 0.1) is 5.92 Å². The molecule has 1 N–H and O–H groups in total. The molecular weight excluding hydrogens is 270 g/mol. The first-order valence-electron chi connectivity index (χ1n) is 7.57. The maximum Gasteiger partial charge on any atom is 0.147 e. The lowest BCUT2D eigenvalue weighted by molar-refractivity contribution is 0.566. The molecule has 1 heterocycles. The molecule has 20 heavy (non-hydrogen) atoms. The third kappa shape index (κ3) is 5.29. The van der Waals surface area contributed by atoms with Gasteiger partial charge < -0.3 is 10.2 Å². The van der Waals surface area contributed by atoms with Crippen molar-refractivity contribution in [1.82, 2.24) is 10.3 Å². The van der Waals surface area contributed by atoms with Crippen molar-refractivity contribution in [3.05, 3.63) is 22.8 Å². The van der Waals surface area contributed by atoms with Crippen molar-refractivity contribution in [1.29, 1.82) is 0 Å². The molecule has 0 aromatic carbocycles. The van der Waals surface area contributed by atoms with Gasteiger partial charge in [-0.2, -0.15) is 0 Å². The number of halogens is 1. The van der Waals surface area contributed by atoms with E-state index in [4.69, 9.17) is 11.6 Å². The molecule has 3 nitrogen and oxygen atoms in total. The smallest absolute Gasteiger partial charge is 0.147 e. The van der Waals surface area contributed by atoms with Gasteiger partial charge in [-0.15, -0.1) is 0 Å². The number of hydrogen-bond acceptors (Lipinski definition) is 3. The van der Waals surface area contributed by atoms with E-state index < -0.39 is 0 Å². The normalized spacial score (nSPS) is 11.4. The Kier molecular flexibility index (Phi) is 7.31. The van der Waals surface area contributed by atoms with E-state index in [1.807, 2.05) is 12.3 Å². The van der Waals surface area contributed by atoms with Crippen LogP contribution in [0.4, 0.5) is 5.82 Å². The lowest BCUT2D eigenvalue weighted by Gasteiger charge is -2.30. The highest BCUT2D eigenvalue weighted by Gasteiger charge is 2.16. The number of nitrogens with zero attached hydrogens (tertiary/aromatic N) is 2. The number of rotatable bonds is 8. The van der Waals surface area contributed by atoms with E-state index in [1.165, 1.54) is 0 Å². The predicted molar refractivity (Wildman–Crippen MR) is 88.6 cm³/mol. The molecule has 0 amide bonds. The molecule has 0 aliphatic rings. The maximum atomic E-state index is 6.43. The fraction of sp³-hybridized carbons (Fsp3) is 0.688. The van der Waals surface area contributed by atoms with Crippen LogP contribution in [0.15, 0.2) is 12.3 Å². The average molecular weight is 298 g/mol. The van der Waals surface area contributed by atoms with Crippen molar-refractivity contribution >= 4 is 17.4 Å². The summed E-state index contributed by atoms with van der Waals surface area (Å²) in [6.07, 6.45) is 3.06. The van der Waals surface area contributed by atoms with Crippen LogP contribution in [0.1, 0.15) is 46.6 Å². The van der Waals surface area contributed by atoms with Gasteiger partial charge in [0.1, 0.15) is 5.82 Å². The molecule has 0 saturated carbocycles. The van der Waals surface area contributed by atoms with E-state index in [2.05, 4.69) is 49.8 Å². The second kappa shape index (κ2) is 8.48. The van der Waals surface area contributed by atoms with Crippen LogP contribution < -0.4 is 10.2 Å². The minimum atomic E-state index is 0.395. The molecule has 0 bridgehead atoms. The van der Waals surface area contributed by atoms with Gasteiger partial charge in [-0.25, -0.2) is 4.98 Å². The van der Waals surface area contributed by atoms with Gasteiger partial charge in [-0.3, -0.25) is 0 Å². The molecule has 1 rings (SSSR count). The molecule has 0 radical (unpaired) electrons. The molecule has 0 aliphatic carbocycles. The van der Waals surface area contributed by atoms with E-state index in [-0.39, 0.29) is 0 Å². The van der Waals surface area contributed by atoms with E-state index in [0.717, 1.165) is 42.5 Å². The first-order valence-corrected chi connectivity index (χ1v) is 7.95. The summed E-state index contributed by atoms with van der Waals surface area (Å²) in [5.41, 5.74) is 1.14. The Morgan fingerprint density at radius 1 is 1.30 bits per heavy atom. The van der Waals surface area contributed by atoms with Gasteiger partial charge >= 0.3 is 0 Å². The summed E-state index contributed by atoms with van der Waals surface area (Å²) in [5.74, 6) is 1.48. The molecule has 0 unspecified atom stereocenters. The van der Waals surface area contributed by atoms with E-state index in [1.54, 1.807) is 0 Å². The number of hydrogen-bond donors (Lipinski definition) is 1. The zero-order valence-corrected chi connectivity index (χ0v) is 14.2. The molecule has 0 atom stereocenters. The summed E-state index contributed by atoms with van der Waals surface area (Å²) in [6, 6.07) is 2.42. The van der Waals surface area contributed by atoms with Crippen LogP contribution in [0.2, 0.25) is 5.02 Å². The Morgan fingerprint density at radius 3 is 2.50 bits per heavy atom. The van der Waals surface area contributed by atoms with Crippen LogP contribution in [0.25, 0.3) is 0 Å². The lowest BCUT2D eigenvalue weighted by atomic mass is 10.1. The minimum absolute atomic E-state index is 0.395. The van der Waals surface area contributed by atoms with Gasteiger partial charge in [0.15, 0.2) is 0 Å². The highest BCUT2D eigenvalue weighted by atomic mass is 35.5. The Hall–Kier alpha value is -0.800. The average Bonchev–Trinajstić information content (AvgIpc) is 2.36. The molecule has 1 aromatic rings. The number of anilines is 1. The second-order valence-corrected chi connectivity index (χ2v) is 6.37. The van der Waals surface area contributed by atoms with Gasteiger partial charge in [-0.05, 0) is 44.4 Å². The van der Waals surface area contributed by atoms with E-state index >= 15 is 0 Å². The fourth-order valence-corrected chi connectivity index (χ4v) is 2.42. The summed E-state index contributed by atoms with van der Waals surface area (Å²) in [5, 5.41) is 4.12. The van der Waals surface area contributed by atoms with E-state index in [0.29, 0.717) is 12.0 Å². The van der Waals surface area contributed by atoms with Gasteiger partial charge in [0.25, 0.3) is 0 Å². The standard InChI is InChI=1S/C16H28ClN3/c1-6-7-18-9-14-8-15(17)16(19-10-14)20(13(4)5)11-12(2)3/h8,10,12-13,18H,6-7,9,11H2,1-5H3.